The average molecular weight is 266 g/mol. The Hall–Kier alpha value is -1.80. The van der Waals surface area contributed by atoms with Crippen LogP contribution < -0.4 is 10.2 Å². The first-order chi connectivity index (χ1) is 9.65. The second-order valence-electron chi connectivity index (χ2n) is 5.80. The van der Waals surface area contributed by atoms with Gasteiger partial charge >= 0.3 is 0 Å². The van der Waals surface area contributed by atoms with Crippen molar-refractivity contribution in [3.8, 4) is 0 Å². The van der Waals surface area contributed by atoms with Crippen LogP contribution in [0, 0.1) is 13.8 Å². The molecular weight excluding hydrogens is 244 g/mol. The zero-order chi connectivity index (χ0) is 14.1. The number of likely N-dealkylation sites (N-methyl/N-ethyl adjacent to an activating group) is 1. The summed E-state index contributed by atoms with van der Waals surface area (Å²) in [6.07, 6.45) is 0. The Labute approximate surface area is 121 Å². The molecule has 1 atom stereocenters. The molecule has 0 aliphatic carbocycles. The number of aryl methyl sites for hydroxylation is 2. The maximum Gasteiger partial charge on any atom is 0.0666 e. The number of hydrogen-bond acceptors (Lipinski definition) is 2. The summed E-state index contributed by atoms with van der Waals surface area (Å²) in [6.45, 7) is 6.31. The Morgan fingerprint density at radius 3 is 2.50 bits per heavy atom. The molecule has 0 bridgehead atoms. The van der Waals surface area contributed by atoms with Gasteiger partial charge in [0.05, 0.1) is 6.04 Å². The van der Waals surface area contributed by atoms with E-state index in [0.29, 0.717) is 6.04 Å². The van der Waals surface area contributed by atoms with E-state index in [1.807, 2.05) is 0 Å². The molecule has 0 spiro atoms. The Balaban J connectivity index is 1.97. The lowest BCUT2D eigenvalue weighted by atomic mass is 9.95. The van der Waals surface area contributed by atoms with Gasteiger partial charge in [0, 0.05) is 25.8 Å². The number of rotatable bonds is 2. The summed E-state index contributed by atoms with van der Waals surface area (Å²) in [4.78, 5) is 2.39. The lowest BCUT2D eigenvalue weighted by Crippen LogP contribution is -2.37. The highest BCUT2D eigenvalue weighted by molar-refractivity contribution is 5.53. The van der Waals surface area contributed by atoms with Gasteiger partial charge in [-0.15, -0.1) is 0 Å². The van der Waals surface area contributed by atoms with Crippen LogP contribution in [-0.4, -0.2) is 13.6 Å². The molecule has 0 saturated heterocycles. The van der Waals surface area contributed by atoms with E-state index in [4.69, 9.17) is 0 Å². The second-order valence-corrected chi connectivity index (χ2v) is 5.80. The van der Waals surface area contributed by atoms with Crippen LogP contribution in [0.2, 0.25) is 0 Å². The quantitative estimate of drug-likeness (QED) is 0.893. The molecule has 2 aromatic rings. The molecule has 2 aromatic carbocycles. The van der Waals surface area contributed by atoms with Crippen molar-refractivity contribution in [1.29, 1.82) is 0 Å². The van der Waals surface area contributed by atoms with E-state index in [2.05, 4.69) is 73.6 Å². The van der Waals surface area contributed by atoms with Crippen molar-refractivity contribution in [3.05, 3.63) is 64.7 Å². The van der Waals surface area contributed by atoms with Gasteiger partial charge in [0.25, 0.3) is 0 Å². The van der Waals surface area contributed by atoms with Crippen LogP contribution in [-0.2, 0) is 6.54 Å². The van der Waals surface area contributed by atoms with Crippen molar-refractivity contribution in [2.45, 2.75) is 26.4 Å². The summed E-state index contributed by atoms with van der Waals surface area (Å²) in [6, 6.07) is 15.9. The van der Waals surface area contributed by atoms with Crippen molar-refractivity contribution in [3.63, 3.8) is 0 Å². The number of benzene rings is 2. The van der Waals surface area contributed by atoms with Crippen LogP contribution in [0.15, 0.2) is 42.5 Å². The van der Waals surface area contributed by atoms with E-state index in [-0.39, 0.29) is 0 Å². The number of nitrogens with one attached hydrogen (secondary N) is 1. The molecule has 1 aliphatic heterocycles. The predicted molar refractivity (Wildman–Crippen MR) is 85.2 cm³/mol. The van der Waals surface area contributed by atoms with Gasteiger partial charge in [0.15, 0.2) is 0 Å². The molecule has 20 heavy (non-hydrogen) atoms. The molecular formula is C18H22N2. The lowest BCUT2D eigenvalue weighted by Gasteiger charge is -2.35. The van der Waals surface area contributed by atoms with E-state index in [1.165, 1.54) is 27.9 Å². The fourth-order valence-electron chi connectivity index (χ4n) is 3.15. The molecule has 0 fully saturated rings. The molecule has 2 heteroatoms. The molecule has 1 heterocycles. The third kappa shape index (κ3) is 2.44. The molecule has 104 valence electrons. The predicted octanol–water partition coefficient (Wildman–Crippen LogP) is 3.58. The number of fused-ring (bicyclic) bond motifs is 1. The maximum atomic E-state index is 3.53. The van der Waals surface area contributed by atoms with Gasteiger partial charge in [-0.1, -0.05) is 30.3 Å². The van der Waals surface area contributed by atoms with E-state index in [9.17, 15) is 0 Å². The van der Waals surface area contributed by atoms with Crippen molar-refractivity contribution < 1.29 is 0 Å². The Bertz CT molecular complexity index is 598. The maximum absolute atomic E-state index is 3.53. The summed E-state index contributed by atoms with van der Waals surface area (Å²) < 4.78 is 0. The van der Waals surface area contributed by atoms with E-state index >= 15 is 0 Å². The van der Waals surface area contributed by atoms with E-state index < -0.39 is 0 Å². The van der Waals surface area contributed by atoms with E-state index in [1.54, 1.807) is 0 Å². The molecule has 1 unspecified atom stereocenters. The summed E-state index contributed by atoms with van der Waals surface area (Å²) in [5, 5.41) is 3.53. The summed E-state index contributed by atoms with van der Waals surface area (Å²) in [5.41, 5.74) is 6.81. The zero-order valence-electron chi connectivity index (χ0n) is 12.5. The first-order valence-electron chi connectivity index (χ1n) is 7.25. The molecule has 1 N–H and O–H groups in total. The fourth-order valence-corrected chi connectivity index (χ4v) is 3.15. The molecule has 0 saturated carbocycles. The molecule has 0 aromatic heterocycles. The van der Waals surface area contributed by atoms with Crippen LogP contribution in [0.1, 0.15) is 28.3 Å². The third-order valence-electron chi connectivity index (χ3n) is 4.15. The minimum atomic E-state index is 0.404. The average Bonchev–Trinajstić information content (AvgIpc) is 2.45. The van der Waals surface area contributed by atoms with Crippen LogP contribution in [0.5, 0.6) is 0 Å². The second kappa shape index (κ2) is 5.29. The Morgan fingerprint density at radius 1 is 1.05 bits per heavy atom. The molecule has 0 amide bonds. The minimum absolute atomic E-state index is 0.404. The van der Waals surface area contributed by atoms with E-state index in [0.717, 1.165) is 13.1 Å². The van der Waals surface area contributed by atoms with Gasteiger partial charge < -0.3 is 10.2 Å². The molecule has 2 nitrogen and oxygen atoms in total. The fraction of sp³-hybridized carbons (Fsp3) is 0.333. The first-order valence-corrected chi connectivity index (χ1v) is 7.25. The van der Waals surface area contributed by atoms with Gasteiger partial charge in [-0.25, -0.2) is 0 Å². The van der Waals surface area contributed by atoms with Crippen LogP contribution in [0.25, 0.3) is 0 Å². The van der Waals surface area contributed by atoms with Crippen molar-refractivity contribution in [2.75, 3.05) is 18.5 Å². The van der Waals surface area contributed by atoms with Gasteiger partial charge in [-0.05, 0) is 48.2 Å². The van der Waals surface area contributed by atoms with Gasteiger partial charge in [-0.3, -0.25) is 0 Å². The van der Waals surface area contributed by atoms with Crippen LogP contribution in [0.3, 0.4) is 0 Å². The monoisotopic (exact) mass is 266 g/mol. The summed E-state index contributed by atoms with van der Waals surface area (Å²) in [5.74, 6) is 0. The molecule has 3 rings (SSSR count). The van der Waals surface area contributed by atoms with Gasteiger partial charge in [0.1, 0.15) is 0 Å². The van der Waals surface area contributed by atoms with Crippen LogP contribution in [0.4, 0.5) is 5.69 Å². The third-order valence-corrected chi connectivity index (χ3v) is 4.15. The smallest absolute Gasteiger partial charge is 0.0666 e. The highest BCUT2D eigenvalue weighted by atomic mass is 15.2. The highest BCUT2D eigenvalue weighted by Gasteiger charge is 2.23. The summed E-state index contributed by atoms with van der Waals surface area (Å²) in [7, 11) is 2.20. The SMILES string of the molecule is Cc1cc(C)cc(N(C)C2CNCc3ccccc32)c1. The number of anilines is 1. The minimum Gasteiger partial charge on any atom is -0.366 e. The van der Waals surface area contributed by atoms with Crippen LogP contribution >= 0.6 is 0 Å². The summed E-state index contributed by atoms with van der Waals surface area (Å²) >= 11 is 0. The number of nitrogens with zero attached hydrogens (tertiary/aromatic N) is 1. The topological polar surface area (TPSA) is 15.3 Å². The largest absolute Gasteiger partial charge is 0.366 e. The molecule has 0 radical (unpaired) electrons. The Kier molecular flexibility index (Phi) is 3.49. The van der Waals surface area contributed by atoms with Gasteiger partial charge in [0.2, 0.25) is 0 Å². The normalized spacial score (nSPS) is 17.6. The first kappa shape index (κ1) is 13.2. The standard InChI is InChI=1S/C18H22N2/c1-13-8-14(2)10-16(9-13)20(3)18-12-19-11-15-6-4-5-7-17(15)18/h4-10,18-19H,11-12H2,1-3H3. The zero-order valence-corrected chi connectivity index (χ0v) is 12.5. The van der Waals surface area contributed by atoms with Gasteiger partial charge in [-0.2, -0.15) is 0 Å². The van der Waals surface area contributed by atoms with Crippen molar-refractivity contribution in [2.24, 2.45) is 0 Å². The number of hydrogen-bond donors (Lipinski definition) is 1. The lowest BCUT2D eigenvalue weighted by molar-refractivity contribution is 0.534. The Morgan fingerprint density at radius 2 is 1.75 bits per heavy atom. The van der Waals surface area contributed by atoms with Crippen molar-refractivity contribution in [1.82, 2.24) is 5.32 Å². The van der Waals surface area contributed by atoms with Crippen molar-refractivity contribution >= 4 is 5.69 Å². The highest BCUT2D eigenvalue weighted by Crippen LogP contribution is 2.30. The molecule has 1 aliphatic rings.